The van der Waals surface area contributed by atoms with E-state index in [0.29, 0.717) is 0 Å². The van der Waals surface area contributed by atoms with Gasteiger partial charge in [0.15, 0.2) is 0 Å². The van der Waals surface area contributed by atoms with Crippen molar-refractivity contribution < 1.29 is 0 Å². The van der Waals surface area contributed by atoms with E-state index in [-0.39, 0.29) is 0 Å². The minimum absolute atomic E-state index is 0.718. The van der Waals surface area contributed by atoms with Crippen molar-refractivity contribution in [3.8, 4) is 0 Å². The maximum absolute atomic E-state index is 5.59. The largest absolute Gasteiger partial charge is 0.374 e. The Balaban J connectivity index is 2.48. The molecule has 66 valence electrons. The summed E-state index contributed by atoms with van der Waals surface area (Å²) >= 11 is 5.59. The summed E-state index contributed by atoms with van der Waals surface area (Å²) in [6, 6.07) is 3.99. The molecule has 1 heterocycles. The third-order valence-corrected chi connectivity index (χ3v) is 2.00. The van der Waals surface area contributed by atoms with Crippen molar-refractivity contribution in [3.63, 3.8) is 0 Å². The molecule has 0 radical (unpaired) electrons. The third kappa shape index (κ3) is 2.70. The summed E-state index contributed by atoms with van der Waals surface area (Å²) < 4.78 is 0. The van der Waals surface area contributed by atoms with Gasteiger partial charge in [0.05, 0.1) is 0 Å². The number of aromatic nitrogens is 1. The van der Waals surface area contributed by atoms with Gasteiger partial charge in [-0.2, -0.15) is 0 Å². The van der Waals surface area contributed by atoms with Gasteiger partial charge in [0.25, 0.3) is 0 Å². The second-order valence-corrected chi connectivity index (χ2v) is 3.05. The van der Waals surface area contributed by atoms with Gasteiger partial charge < -0.3 is 4.90 Å². The average molecular weight is 185 g/mol. The van der Waals surface area contributed by atoms with Crippen LogP contribution in [-0.2, 0) is 0 Å². The first-order chi connectivity index (χ1) is 5.84. The fourth-order valence-corrected chi connectivity index (χ4v) is 1.14. The molecule has 0 fully saturated rings. The van der Waals surface area contributed by atoms with Gasteiger partial charge in [-0.15, -0.1) is 11.6 Å². The SMILES string of the molecule is CN(CCCCl)c1ccncc1. The zero-order chi connectivity index (χ0) is 8.81. The van der Waals surface area contributed by atoms with Gasteiger partial charge in [-0.1, -0.05) is 0 Å². The van der Waals surface area contributed by atoms with E-state index in [4.69, 9.17) is 11.6 Å². The van der Waals surface area contributed by atoms with Gasteiger partial charge in [-0.05, 0) is 18.6 Å². The normalized spacial score (nSPS) is 9.83. The van der Waals surface area contributed by atoms with Crippen LogP contribution < -0.4 is 4.90 Å². The lowest BCUT2D eigenvalue weighted by Crippen LogP contribution is -2.18. The Bertz CT molecular complexity index is 213. The summed E-state index contributed by atoms with van der Waals surface area (Å²) in [4.78, 5) is 6.13. The summed E-state index contributed by atoms with van der Waals surface area (Å²) in [5.74, 6) is 0.718. The zero-order valence-corrected chi connectivity index (χ0v) is 7.96. The van der Waals surface area contributed by atoms with Gasteiger partial charge in [0.1, 0.15) is 0 Å². The lowest BCUT2D eigenvalue weighted by molar-refractivity contribution is 0.856. The van der Waals surface area contributed by atoms with Crippen LogP contribution in [0.15, 0.2) is 24.5 Å². The van der Waals surface area contributed by atoms with Crippen LogP contribution in [0.1, 0.15) is 6.42 Å². The highest BCUT2D eigenvalue weighted by Crippen LogP contribution is 2.09. The first-order valence-corrected chi connectivity index (χ1v) is 4.55. The monoisotopic (exact) mass is 184 g/mol. The van der Waals surface area contributed by atoms with Gasteiger partial charge >= 0.3 is 0 Å². The predicted octanol–water partition coefficient (Wildman–Crippen LogP) is 2.15. The van der Waals surface area contributed by atoms with E-state index in [9.17, 15) is 0 Å². The topological polar surface area (TPSA) is 16.1 Å². The Kier molecular flexibility index (Phi) is 3.88. The Morgan fingerprint density at radius 2 is 2.08 bits per heavy atom. The molecule has 0 aromatic carbocycles. The van der Waals surface area contributed by atoms with Gasteiger partial charge in [-0.3, -0.25) is 4.98 Å². The van der Waals surface area contributed by atoms with Crippen LogP contribution in [0.3, 0.4) is 0 Å². The van der Waals surface area contributed by atoms with Crippen LogP contribution in [0.2, 0.25) is 0 Å². The first-order valence-electron chi connectivity index (χ1n) is 4.01. The number of hydrogen-bond acceptors (Lipinski definition) is 2. The highest BCUT2D eigenvalue weighted by Gasteiger charge is 1.97. The standard InChI is InChI=1S/C9H13ClN2/c1-12(8-2-5-10)9-3-6-11-7-4-9/h3-4,6-7H,2,5,8H2,1H3. The number of anilines is 1. The second kappa shape index (κ2) is 4.99. The maximum Gasteiger partial charge on any atom is 0.0394 e. The van der Waals surface area contributed by atoms with Crippen LogP contribution in [0.4, 0.5) is 5.69 Å². The second-order valence-electron chi connectivity index (χ2n) is 2.67. The number of hydrogen-bond donors (Lipinski definition) is 0. The summed E-state index contributed by atoms with van der Waals surface area (Å²) in [6.45, 7) is 0.994. The van der Waals surface area contributed by atoms with Crippen LogP contribution >= 0.6 is 11.6 Å². The molecule has 0 spiro atoms. The molecule has 0 amide bonds. The van der Waals surface area contributed by atoms with E-state index in [1.165, 1.54) is 5.69 Å². The van der Waals surface area contributed by atoms with Gasteiger partial charge in [0, 0.05) is 37.6 Å². The average Bonchev–Trinajstić information content (AvgIpc) is 2.15. The molecule has 0 atom stereocenters. The van der Waals surface area contributed by atoms with Crippen molar-refractivity contribution in [1.82, 2.24) is 4.98 Å². The molecular formula is C9H13ClN2. The van der Waals surface area contributed by atoms with E-state index in [2.05, 4.69) is 16.9 Å². The molecule has 2 nitrogen and oxygen atoms in total. The van der Waals surface area contributed by atoms with Crippen LogP contribution in [0.5, 0.6) is 0 Å². The molecule has 0 aliphatic rings. The molecule has 0 aliphatic carbocycles. The number of halogens is 1. The zero-order valence-electron chi connectivity index (χ0n) is 7.20. The van der Waals surface area contributed by atoms with E-state index in [1.54, 1.807) is 12.4 Å². The van der Waals surface area contributed by atoms with Crippen LogP contribution in [0, 0.1) is 0 Å². The quantitative estimate of drug-likeness (QED) is 0.667. The maximum atomic E-state index is 5.59. The summed E-state index contributed by atoms with van der Waals surface area (Å²) in [6.07, 6.45) is 4.61. The Morgan fingerprint density at radius 3 is 2.67 bits per heavy atom. The van der Waals surface area contributed by atoms with Gasteiger partial charge in [-0.25, -0.2) is 0 Å². The predicted molar refractivity (Wildman–Crippen MR) is 52.8 cm³/mol. The smallest absolute Gasteiger partial charge is 0.0394 e. The van der Waals surface area contributed by atoms with E-state index >= 15 is 0 Å². The van der Waals surface area contributed by atoms with Gasteiger partial charge in [0.2, 0.25) is 0 Å². The lowest BCUT2D eigenvalue weighted by atomic mass is 10.3. The molecule has 0 N–H and O–H groups in total. The lowest BCUT2D eigenvalue weighted by Gasteiger charge is -2.17. The van der Waals surface area contributed by atoms with Crippen molar-refractivity contribution in [3.05, 3.63) is 24.5 Å². The molecule has 1 aromatic rings. The summed E-state index contributed by atoms with van der Waals surface area (Å²) in [5, 5.41) is 0. The number of nitrogens with zero attached hydrogens (tertiary/aromatic N) is 2. The highest BCUT2D eigenvalue weighted by atomic mass is 35.5. The van der Waals surface area contributed by atoms with E-state index in [0.717, 1.165) is 18.8 Å². The molecule has 0 saturated heterocycles. The van der Waals surface area contributed by atoms with Crippen molar-refractivity contribution in [2.75, 3.05) is 24.4 Å². The summed E-state index contributed by atoms with van der Waals surface area (Å²) in [5.41, 5.74) is 1.19. The Morgan fingerprint density at radius 1 is 1.42 bits per heavy atom. The molecule has 0 unspecified atom stereocenters. The minimum Gasteiger partial charge on any atom is -0.374 e. The molecule has 12 heavy (non-hydrogen) atoms. The molecule has 0 bridgehead atoms. The van der Waals surface area contributed by atoms with Crippen molar-refractivity contribution in [1.29, 1.82) is 0 Å². The molecule has 1 rings (SSSR count). The summed E-state index contributed by atoms with van der Waals surface area (Å²) in [7, 11) is 2.06. The number of pyridine rings is 1. The number of alkyl halides is 1. The van der Waals surface area contributed by atoms with Crippen molar-refractivity contribution >= 4 is 17.3 Å². The molecule has 3 heteroatoms. The van der Waals surface area contributed by atoms with E-state index in [1.807, 2.05) is 12.1 Å². The third-order valence-electron chi connectivity index (χ3n) is 1.73. The molecule has 0 saturated carbocycles. The fourth-order valence-electron chi connectivity index (χ4n) is 1.02. The fraction of sp³-hybridized carbons (Fsp3) is 0.444. The number of rotatable bonds is 4. The van der Waals surface area contributed by atoms with Crippen LogP contribution in [-0.4, -0.2) is 24.5 Å². The van der Waals surface area contributed by atoms with Crippen LogP contribution in [0.25, 0.3) is 0 Å². The Hall–Kier alpha value is -0.760. The molecular weight excluding hydrogens is 172 g/mol. The molecule has 0 aliphatic heterocycles. The van der Waals surface area contributed by atoms with E-state index < -0.39 is 0 Å². The Labute approximate surface area is 78.2 Å². The minimum atomic E-state index is 0.718. The molecule has 1 aromatic heterocycles. The van der Waals surface area contributed by atoms with Crippen molar-refractivity contribution in [2.45, 2.75) is 6.42 Å². The highest BCUT2D eigenvalue weighted by molar-refractivity contribution is 6.17. The van der Waals surface area contributed by atoms with Crippen molar-refractivity contribution in [2.24, 2.45) is 0 Å². The first kappa shape index (κ1) is 9.33.